The molecule has 0 radical (unpaired) electrons. The van der Waals surface area contributed by atoms with E-state index in [2.05, 4.69) is 9.97 Å². The van der Waals surface area contributed by atoms with Gasteiger partial charge in [-0.05, 0) is 24.8 Å². The van der Waals surface area contributed by atoms with Crippen LogP contribution in [-0.4, -0.2) is 38.4 Å². The van der Waals surface area contributed by atoms with E-state index in [0.717, 1.165) is 35.0 Å². The van der Waals surface area contributed by atoms with E-state index in [1.165, 1.54) is 0 Å². The number of hydrogen-bond donors (Lipinski definition) is 2. The number of fused-ring (bicyclic) bond motifs is 1. The molecule has 1 aromatic carbocycles. The number of rotatable bonds is 3. The number of H-pyrrole nitrogens is 2. The van der Waals surface area contributed by atoms with Crippen LogP contribution in [0.3, 0.4) is 0 Å². The zero-order valence-corrected chi connectivity index (χ0v) is 14.3. The van der Waals surface area contributed by atoms with Gasteiger partial charge in [-0.25, -0.2) is 9.36 Å². The van der Waals surface area contributed by atoms with Crippen molar-refractivity contribution in [2.24, 2.45) is 0 Å². The second-order valence-electron chi connectivity index (χ2n) is 6.58. The smallest absolute Gasteiger partial charge is 0.329 e. The third-order valence-electron chi connectivity index (χ3n) is 4.90. The molecule has 0 saturated carbocycles. The summed E-state index contributed by atoms with van der Waals surface area (Å²) in [6.07, 6.45) is 4.75. The Balaban J connectivity index is 1.72. The van der Waals surface area contributed by atoms with Crippen LogP contribution in [0.5, 0.6) is 0 Å². The number of piperidine rings is 1. The van der Waals surface area contributed by atoms with Gasteiger partial charge in [0.25, 0.3) is 5.56 Å². The van der Waals surface area contributed by atoms with Crippen LogP contribution in [0.15, 0.2) is 46.1 Å². The Bertz CT molecular complexity index is 1060. The predicted octanol–water partition coefficient (Wildman–Crippen LogP) is 1.70. The summed E-state index contributed by atoms with van der Waals surface area (Å²) >= 11 is 0. The first-order valence-corrected chi connectivity index (χ1v) is 8.82. The third kappa shape index (κ3) is 2.85. The minimum Gasteiger partial charge on any atom is -0.355 e. The van der Waals surface area contributed by atoms with Crippen molar-refractivity contribution in [1.29, 1.82) is 0 Å². The zero-order chi connectivity index (χ0) is 18.1. The van der Waals surface area contributed by atoms with E-state index in [9.17, 15) is 14.4 Å². The molecule has 1 fully saturated rings. The molecule has 0 bridgehead atoms. The lowest BCUT2D eigenvalue weighted by Crippen LogP contribution is -2.43. The number of amides is 1. The van der Waals surface area contributed by atoms with Crippen LogP contribution in [0.2, 0.25) is 0 Å². The molecule has 2 N–H and O–H groups in total. The number of nitrogens with zero attached hydrogens (tertiary/aromatic N) is 2. The number of hydrogen-bond acceptors (Lipinski definition) is 3. The molecule has 0 spiro atoms. The molecular formula is C19H20N4O3. The highest BCUT2D eigenvalue weighted by atomic mass is 16.2. The Morgan fingerprint density at radius 2 is 1.73 bits per heavy atom. The van der Waals surface area contributed by atoms with Crippen LogP contribution in [0.25, 0.3) is 22.2 Å². The van der Waals surface area contributed by atoms with Crippen LogP contribution in [0, 0.1) is 0 Å². The van der Waals surface area contributed by atoms with Gasteiger partial charge in [0.05, 0.1) is 5.52 Å². The minimum atomic E-state index is -0.565. The molecule has 7 heteroatoms. The van der Waals surface area contributed by atoms with Gasteiger partial charge >= 0.3 is 5.69 Å². The summed E-state index contributed by atoms with van der Waals surface area (Å²) in [5.41, 5.74) is 1.38. The Morgan fingerprint density at radius 1 is 1.00 bits per heavy atom. The van der Waals surface area contributed by atoms with Crippen LogP contribution >= 0.6 is 0 Å². The maximum atomic E-state index is 12.8. The van der Waals surface area contributed by atoms with Crippen molar-refractivity contribution in [1.82, 2.24) is 19.4 Å². The van der Waals surface area contributed by atoms with Gasteiger partial charge in [0.2, 0.25) is 5.91 Å². The maximum Gasteiger partial charge on any atom is 0.329 e. The Kier molecular flexibility index (Phi) is 4.20. The van der Waals surface area contributed by atoms with E-state index in [1.807, 2.05) is 30.3 Å². The fourth-order valence-corrected chi connectivity index (χ4v) is 3.49. The number of carbonyl (C=O) groups is 1. The average Bonchev–Trinajstić information content (AvgIpc) is 3.10. The highest BCUT2D eigenvalue weighted by Crippen LogP contribution is 2.24. The van der Waals surface area contributed by atoms with E-state index in [1.54, 1.807) is 11.1 Å². The molecule has 0 unspecified atom stereocenters. The van der Waals surface area contributed by atoms with Crippen molar-refractivity contribution in [3.63, 3.8) is 0 Å². The van der Waals surface area contributed by atoms with Crippen LogP contribution < -0.4 is 11.2 Å². The topological polar surface area (TPSA) is 91.0 Å². The van der Waals surface area contributed by atoms with E-state index in [-0.39, 0.29) is 12.5 Å². The van der Waals surface area contributed by atoms with Gasteiger partial charge in [-0.15, -0.1) is 0 Å². The average molecular weight is 352 g/mol. The summed E-state index contributed by atoms with van der Waals surface area (Å²) in [7, 11) is 0. The summed E-state index contributed by atoms with van der Waals surface area (Å²) in [6.45, 7) is 1.15. The first-order chi connectivity index (χ1) is 12.6. The Labute approximate surface area is 149 Å². The second-order valence-corrected chi connectivity index (χ2v) is 6.58. The van der Waals surface area contributed by atoms with E-state index in [0.29, 0.717) is 24.1 Å². The number of likely N-dealkylation sites (tertiary alicyclic amines) is 1. The molecule has 0 atom stereocenters. The summed E-state index contributed by atoms with van der Waals surface area (Å²) in [5.74, 6) is -0.188. The molecule has 3 aromatic rings. The highest BCUT2D eigenvalue weighted by molar-refractivity contribution is 5.91. The zero-order valence-electron chi connectivity index (χ0n) is 14.3. The largest absolute Gasteiger partial charge is 0.355 e. The van der Waals surface area contributed by atoms with E-state index in [4.69, 9.17) is 0 Å². The fraction of sp³-hybridized carbons (Fsp3) is 0.316. The van der Waals surface area contributed by atoms with Crippen LogP contribution in [0.4, 0.5) is 0 Å². The standard InChI is InChI=1S/C19H20N4O3/c24-15(22-9-5-2-6-10-22)12-23-18(25)17-16(21-19(23)26)14(11-20-17)13-7-3-1-4-8-13/h1,3-4,7-8,11,20H,2,5-6,9-10,12H2,(H,21,26). The molecule has 26 heavy (non-hydrogen) atoms. The molecule has 3 heterocycles. The number of nitrogens with one attached hydrogen (secondary N) is 2. The molecular weight excluding hydrogens is 332 g/mol. The molecule has 4 rings (SSSR count). The molecule has 1 aliphatic rings. The lowest BCUT2D eigenvalue weighted by atomic mass is 10.1. The number of carbonyl (C=O) groups excluding carboxylic acids is 1. The Morgan fingerprint density at radius 3 is 2.46 bits per heavy atom. The lowest BCUT2D eigenvalue weighted by Gasteiger charge is -2.26. The number of benzene rings is 1. The summed E-state index contributed by atoms with van der Waals surface area (Å²) in [4.78, 5) is 45.1. The molecule has 2 aromatic heterocycles. The van der Waals surface area contributed by atoms with Crippen molar-refractivity contribution in [3.8, 4) is 11.1 Å². The van der Waals surface area contributed by atoms with Crippen molar-refractivity contribution >= 4 is 16.9 Å². The quantitative estimate of drug-likeness (QED) is 0.752. The van der Waals surface area contributed by atoms with Gasteiger partial charge in [-0.1, -0.05) is 30.3 Å². The minimum absolute atomic E-state index is 0.188. The third-order valence-corrected chi connectivity index (χ3v) is 4.90. The summed E-state index contributed by atoms with van der Waals surface area (Å²) in [6, 6.07) is 9.51. The normalized spacial score (nSPS) is 14.7. The van der Waals surface area contributed by atoms with Crippen molar-refractivity contribution < 1.29 is 4.79 Å². The first kappa shape index (κ1) is 16.4. The summed E-state index contributed by atoms with van der Waals surface area (Å²) < 4.78 is 0.977. The van der Waals surface area contributed by atoms with E-state index < -0.39 is 11.2 Å². The van der Waals surface area contributed by atoms with Gasteiger partial charge in [-0.3, -0.25) is 9.59 Å². The number of aromatic nitrogens is 3. The molecule has 1 saturated heterocycles. The van der Waals surface area contributed by atoms with Gasteiger partial charge in [-0.2, -0.15) is 0 Å². The molecule has 1 amide bonds. The first-order valence-electron chi connectivity index (χ1n) is 8.82. The van der Waals surface area contributed by atoms with E-state index >= 15 is 0 Å². The molecule has 7 nitrogen and oxygen atoms in total. The number of aromatic amines is 2. The molecule has 1 aliphatic heterocycles. The second kappa shape index (κ2) is 6.67. The monoisotopic (exact) mass is 352 g/mol. The van der Waals surface area contributed by atoms with Crippen LogP contribution in [0.1, 0.15) is 19.3 Å². The highest BCUT2D eigenvalue weighted by Gasteiger charge is 2.20. The predicted molar refractivity (Wildman–Crippen MR) is 99.0 cm³/mol. The lowest BCUT2D eigenvalue weighted by molar-refractivity contribution is -0.132. The Hall–Kier alpha value is -3.09. The van der Waals surface area contributed by atoms with Gasteiger partial charge in [0.15, 0.2) is 0 Å². The van der Waals surface area contributed by atoms with Gasteiger partial charge in [0.1, 0.15) is 12.1 Å². The maximum absolute atomic E-state index is 12.8. The van der Waals surface area contributed by atoms with Crippen molar-refractivity contribution in [2.45, 2.75) is 25.8 Å². The van der Waals surface area contributed by atoms with Gasteiger partial charge in [0, 0.05) is 24.8 Å². The van der Waals surface area contributed by atoms with Crippen molar-refractivity contribution in [3.05, 3.63) is 57.4 Å². The summed E-state index contributed by atoms with van der Waals surface area (Å²) in [5, 5.41) is 0. The van der Waals surface area contributed by atoms with Gasteiger partial charge < -0.3 is 14.9 Å². The SMILES string of the molecule is O=C(Cn1c(=O)[nH]c2c(-c3ccccc3)c[nH]c2c1=O)N1CCCCC1. The fourth-order valence-electron chi connectivity index (χ4n) is 3.49. The van der Waals surface area contributed by atoms with Crippen molar-refractivity contribution in [2.75, 3.05) is 13.1 Å². The molecule has 134 valence electrons. The van der Waals surface area contributed by atoms with Crippen LogP contribution in [-0.2, 0) is 11.3 Å². The molecule has 0 aliphatic carbocycles.